The number of carbonyl (C=O) groups excluding carboxylic acids is 3. The van der Waals surface area contributed by atoms with Gasteiger partial charge in [0, 0.05) is 5.56 Å². The Morgan fingerprint density at radius 2 is 1.76 bits per heavy atom. The summed E-state index contributed by atoms with van der Waals surface area (Å²) in [4.78, 5) is 50.2. The van der Waals surface area contributed by atoms with Crippen molar-refractivity contribution in [2.45, 2.75) is 13.0 Å². The van der Waals surface area contributed by atoms with Crippen LogP contribution in [-0.2, 0) is 22.6 Å². The summed E-state index contributed by atoms with van der Waals surface area (Å²) >= 11 is 0. The first-order chi connectivity index (χ1) is 18.3. The lowest BCUT2D eigenvalue weighted by atomic mass is 10.0. The monoisotopic (exact) mass is 512 g/mol. The molecule has 3 aromatic rings. The van der Waals surface area contributed by atoms with Crippen molar-refractivity contribution in [3.63, 3.8) is 0 Å². The van der Waals surface area contributed by atoms with Crippen LogP contribution in [0.5, 0.6) is 11.5 Å². The zero-order valence-corrected chi connectivity index (χ0v) is 20.5. The maximum atomic E-state index is 13.2. The van der Waals surface area contributed by atoms with E-state index in [1.807, 2.05) is 0 Å². The van der Waals surface area contributed by atoms with E-state index in [0.29, 0.717) is 34.7 Å². The number of carbonyl (C=O) groups is 4. The summed E-state index contributed by atoms with van der Waals surface area (Å²) in [6.07, 6.45) is 3.47. The Morgan fingerprint density at radius 1 is 1.05 bits per heavy atom. The normalized spacial score (nSPS) is 14.3. The summed E-state index contributed by atoms with van der Waals surface area (Å²) in [6, 6.07) is 17.1. The Hall–Kier alpha value is -5.18. The minimum atomic E-state index is -1.02. The number of rotatable bonds is 9. The number of methoxy groups -OCH3 is 1. The quantitative estimate of drug-likeness (QED) is 0.248. The van der Waals surface area contributed by atoms with Gasteiger partial charge in [0.2, 0.25) is 0 Å². The first kappa shape index (κ1) is 25.9. The number of aromatic carboxylic acids is 1. The number of carboxylic acid groups (broad SMARTS) is 1. The van der Waals surface area contributed by atoms with Crippen LogP contribution >= 0.6 is 0 Å². The van der Waals surface area contributed by atoms with Crippen molar-refractivity contribution in [1.29, 1.82) is 0 Å². The Balaban J connectivity index is 1.66. The maximum Gasteiger partial charge on any atom is 0.335 e. The molecule has 4 amide bonds. The van der Waals surface area contributed by atoms with Gasteiger partial charge in [0.1, 0.15) is 12.2 Å². The first-order valence-corrected chi connectivity index (χ1v) is 11.6. The molecule has 1 aliphatic heterocycles. The molecule has 0 aliphatic carbocycles. The van der Waals surface area contributed by atoms with E-state index in [0.717, 1.165) is 10.5 Å². The fourth-order valence-electron chi connectivity index (χ4n) is 3.92. The number of carboxylic acids is 1. The standard InChI is InChI=1S/C29H24N2O7/c1-3-7-21-14-19(15-23-26(32)30-29(36)31(27(23)33)22-8-5-4-6-9-22)16-24(37-2)25(21)38-17-18-10-12-20(13-11-18)28(34)35/h3-6,8-16H,1,7,17H2,2H3,(H,34,35)(H,30,32,36)/b23-15+. The van der Waals surface area contributed by atoms with Crippen molar-refractivity contribution < 1.29 is 33.8 Å². The molecule has 0 unspecified atom stereocenters. The SMILES string of the molecule is C=CCc1cc(/C=C2\C(=O)NC(=O)N(c3ccccc3)C2=O)cc(OC)c1OCc1ccc(C(=O)O)cc1. The van der Waals surface area contributed by atoms with Crippen LogP contribution in [0.15, 0.2) is 85.0 Å². The number of nitrogens with one attached hydrogen (secondary N) is 1. The van der Waals surface area contributed by atoms with Crippen LogP contribution in [0.2, 0.25) is 0 Å². The third-order valence-corrected chi connectivity index (χ3v) is 5.75. The third-order valence-electron chi connectivity index (χ3n) is 5.75. The van der Waals surface area contributed by atoms with Crippen LogP contribution in [0, 0.1) is 0 Å². The van der Waals surface area contributed by atoms with Gasteiger partial charge in [-0.3, -0.25) is 14.9 Å². The molecule has 0 spiro atoms. The summed E-state index contributed by atoms with van der Waals surface area (Å²) in [6.45, 7) is 3.94. The second-order valence-corrected chi connectivity index (χ2v) is 8.29. The zero-order valence-electron chi connectivity index (χ0n) is 20.5. The van der Waals surface area contributed by atoms with Gasteiger partial charge in [0.15, 0.2) is 11.5 Å². The summed E-state index contributed by atoms with van der Waals surface area (Å²) in [5, 5.41) is 11.3. The second kappa shape index (κ2) is 11.3. The molecule has 3 aromatic carbocycles. The van der Waals surface area contributed by atoms with Gasteiger partial charge in [-0.05, 0) is 60.0 Å². The van der Waals surface area contributed by atoms with Crippen molar-refractivity contribution in [2.75, 3.05) is 12.0 Å². The van der Waals surface area contributed by atoms with Crippen molar-refractivity contribution in [2.24, 2.45) is 0 Å². The molecule has 1 saturated heterocycles. The fraction of sp³-hybridized carbons (Fsp3) is 0.103. The number of barbiturate groups is 1. The zero-order chi connectivity index (χ0) is 27.2. The van der Waals surface area contributed by atoms with Crippen molar-refractivity contribution in [3.8, 4) is 11.5 Å². The molecular formula is C29H24N2O7. The molecule has 1 fully saturated rings. The Morgan fingerprint density at radius 3 is 2.39 bits per heavy atom. The highest BCUT2D eigenvalue weighted by Gasteiger charge is 2.36. The highest BCUT2D eigenvalue weighted by atomic mass is 16.5. The van der Waals surface area contributed by atoms with Crippen molar-refractivity contribution >= 4 is 35.6 Å². The van der Waals surface area contributed by atoms with Gasteiger partial charge in [0.05, 0.1) is 18.4 Å². The van der Waals surface area contributed by atoms with Crippen molar-refractivity contribution in [3.05, 3.63) is 107 Å². The number of hydrogen-bond acceptors (Lipinski definition) is 6. The summed E-state index contributed by atoms with van der Waals surface area (Å²) < 4.78 is 11.6. The molecule has 0 saturated carbocycles. The maximum absolute atomic E-state index is 13.2. The molecule has 0 atom stereocenters. The van der Waals surface area contributed by atoms with Gasteiger partial charge < -0.3 is 14.6 Å². The van der Waals surface area contributed by atoms with Gasteiger partial charge in [-0.25, -0.2) is 14.5 Å². The Bertz CT molecular complexity index is 1440. The number of nitrogens with zero attached hydrogens (tertiary/aromatic N) is 1. The topological polar surface area (TPSA) is 122 Å². The summed E-state index contributed by atoms with van der Waals surface area (Å²) in [7, 11) is 1.47. The molecule has 0 aromatic heterocycles. The van der Waals surface area contributed by atoms with Crippen LogP contribution in [-0.4, -0.2) is 36.0 Å². The van der Waals surface area contributed by atoms with Crippen LogP contribution in [0.1, 0.15) is 27.0 Å². The van der Waals surface area contributed by atoms with Gasteiger partial charge in [-0.1, -0.05) is 36.4 Å². The molecule has 9 nitrogen and oxygen atoms in total. The van der Waals surface area contributed by atoms with Crippen LogP contribution in [0.25, 0.3) is 6.08 Å². The highest BCUT2D eigenvalue weighted by Crippen LogP contribution is 2.35. The van der Waals surface area contributed by atoms with Crippen LogP contribution in [0.3, 0.4) is 0 Å². The van der Waals surface area contributed by atoms with Gasteiger partial charge in [0.25, 0.3) is 11.8 Å². The lowest BCUT2D eigenvalue weighted by molar-refractivity contribution is -0.122. The second-order valence-electron chi connectivity index (χ2n) is 8.29. The molecule has 0 radical (unpaired) electrons. The number of urea groups is 1. The summed E-state index contributed by atoms with van der Waals surface area (Å²) in [5.74, 6) is -1.77. The smallest absolute Gasteiger partial charge is 0.335 e. The van der Waals surface area contributed by atoms with E-state index < -0.39 is 23.8 Å². The van der Waals surface area contributed by atoms with E-state index in [9.17, 15) is 19.2 Å². The molecule has 9 heteroatoms. The number of allylic oxidation sites excluding steroid dienone is 1. The molecule has 0 bridgehead atoms. The minimum Gasteiger partial charge on any atom is -0.493 e. The molecular weight excluding hydrogens is 488 g/mol. The van der Waals surface area contributed by atoms with Crippen molar-refractivity contribution in [1.82, 2.24) is 5.32 Å². The first-order valence-electron chi connectivity index (χ1n) is 11.6. The Labute approximate surface area is 218 Å². The fourth-order valence-corrected chi connectivity index (χ4v) is 3.92. The molecule has 2 N–H and O–H groups in total. The molecule has 1 heterocycles. The van der Waals surface area contributed by atoms with E-state index in [4.69, 9.17) is 14.6 Å². The predicted molar refractivity (Wildman–Crippen MR) is 140 cm³/mol. The van der Waals surface area contributed by atoms with E-state index in [2.05, 4.69) is 11.9 Å². The lowest BCUT2D eigenvalue weighted by Gasteiger charge is -2.26. The van der Waals surface area contributed by atoms with Crippen LogP contribution < -0.4 is 19.7 Å². The molecule has 38 heavy (non-hydrogen) atoms. The van der Waals surface area contributed by atoms with Gasteiger partial charge in [-0.2, -0.15) is 0 Å². The number of hydrogen-bond donors (Lipinski definition) is 2. The number of imide groups is 2. The van der Waals surface area contributed by atoms with Gasteiger partial charge in [-0.15, -0.1) is 6.58 Å². The van der Waals surface area contributed by atoms with E-state index in [-0.39, 0.29) is 17.7 Å². The number of ether oxygens (including phenoxy) is 2. The highest BCUT2D eigenvalue weighted by molar-refractivity contribution is 6.39. The molecule has 192 valence electrons. The summed E-state index contributed by atoms with van der Waals surface area (Å²) in [5.41, 5.74) is 2.21. The van der Waals surface area contributed by atoms with E-state index in [1.54, 1.807) is 60.7 Å². The van der Waals surface area contributed by atoms with Gasteiger partial charge >= 0.3 is 12.0 Å². The largest absolute Gasteiger partial charge is 0.493 e. The number of para-hydroxylation sites is 1. The Kier molecular flexibility index (Phi) is 7.67. The lowest BCUT2D eigenvalue weighted by Crippen LogP contribution is -2.54. The van der Waals surface area contributed by atoms with E-state index >= 15 is 0 Å². The average molecular weight is 513 g/mol. The van der Waals surface area contributed by atoms with Crippen LogP contribution in [0.4, 0.5) is 10.5 Å². The number of amides is 4. The van der Waals surface area contributed by atoms with E-state index in [1.165, 1.54) is 25.3 Å². The number of benzene rings is 3. The molecule has 1 aliphatic rings. The number of anilines is 1. The third kappa shape index (κ3) is 5.46. The predicted octanol–water partition coefficient (Wildman–Crippen LogP) is 4.37. The molecule has 4 rings (SSSR count). The average Bonchev–Trinajstić information content (AvgIpc) is 2.91. The minimum absolute atomic E-state index is 0.149.